The van der Waals surface area contributed by atoms with Gasteiger partial charge in [-0.15, -0.1) is 24.1 Å². The standard InChI is InChI=1S/C11H12ClNS/c1-2-5-9(13)8-14-11-7-4-3-6-10(11)12/h1,3-4,6-7,9H,5,8,13H2. The van der Waals surface area contributed by atoms with Gasteiger partial charge >= 0.3 is 0 Å². The van der Waals surface area contributed by atoms with Crippen molar-refractivity contribution in [2.45, 2.75) is 17.4 Å². The molecule has 0 saturated heterocycles. The largest absolute Gasteiger partial charge is 0.326 e. The lowest BCUT2D eigenvalue weighted by atomic mass is 10.3. The number of terminal acetylenes is 1. The van der Waals surface area contributed by atoms with Crippen molar-refractivity contribution in [2.24, 2.45) is 5.73 Å². The van der Waals surface area contributed by atoms with Crippen LogP contribution in [0.4, 0.5) is 0 Å². The van der Waals surface area contributed by atoms with E-state index in [4.69, 9.17) is 23.8 Å². The molecule has 0 aliphatic carbocycles. The van der Waals surface area contributed by atoms with Crippen LogP contribution < -0.4 is 5.73 Å². The number of benzene rings is 1. The van der Waals surface area contributed by atoms with Gasteiger partial charge in [-0.25, -0.2) is 0 Å². The van der Waals surface area contributed by atoms with Gasteiger partial charge in [0.25, 0.3) is 0 Å². The van der Waals surface area contributed by atoms with Crippen LogP contribution in [0.15, 0.2) is 29.2 Å². The van der Waals surface area contributed by atoms with Crippen LogP contribution in [0.3, 0.4) is 0 Å². The Morgan fingerprint density at radius 3 is 2.86 bits per heavy atom. The summed E-state index contributed by atoms with van der Waals surface area (Å²) in [6, 6.07) is 7.77. The Hall–Kier alpha value is -0.620. The van der Waals surface area contributed by atoms with Crippen molar-refractivity contribution in [1.82, 2.24) is 0 Å². The van der Waals surface area contributed by atoms with Gasteiger partial charge in [-0.2, -0.15) is 0 Å². The molecular formula is C11H12ClNS. The van der Waals surface area contributed by atoms with Gasteiger partial charge in [-0.3, -0.25) is 0 Å². The first kappa shape index (κ1) is 11.5. The van der Waals surface area contributed by atoms with E-state index in [9.17, 15) is 0 Å². The van der Waals surface area contributed by atoms with Gasteiger partial charge in [0.1, 0.15) is 0 Å². The highest BCUT2D eigenvalue weighted by atomic mass is 35.5. The van der Waals surface area contributed by atoms with Gasteiger partial charge in [-0.1, -0.05) is 23.7 Å². The molecule has 0 aliphatic rings. The monoisotopic (exact) mass is 225 g/mol. The van der Waals surface area contributed by atoms with E-state index in [2.05, 4.69) is 5.92 Å². The molecule has 0 amide bonds. The first-order chi connectivity index (χ1) is 6.74. The van der Waals surface area contributed by atoms with E-state index in [0.717, 1.165) is 15.7 Å². The van der Waals surface area contributed by atoms with Crippen LogP contribution in [0.2, 0.25) is 5.02 Å². The van der Waals surface area contributed by atoms with Crippen molar-refractivity contribution in [3.63, 3.8) is 0 Å². The molecule has 0 saturated carbocycles. The third-order valence-electron chi connectivity index (χ3n) is 1.67. The number of rotatable bonds is 4. The van der Waals surface area contributed by atoms with Crippen molar-refractivity contribution in [1.29, 1.82) is 0 Å². The summed E-state index contributed by atoms with van der Waals surface area (Å²) in [6.45, 7) is 0. The van der Waals surface area contributed by atoms with Crippen molar-refractivity contribution in [2.75, 3.05) is 5.75 Å². The Balaban J connectivity index is 2.46. The lowest BCUT2D eigenvalue weighted by molar-refractivity contribution is 0.783. The van der Waals surface area contributed by atoms with Crippen LogP contribution in [-0.4, -0.2) is 11.8 Å². The molecule has 0 bridgehead atoms. The molecule has 0 aliphatic heterocycles. The maximum atomic E-state index is 5.98. The molecule has 1 nitrogen and oxygen atoms in total. The molecule has 0 radical (unpaired) electrons. The summed E-state index contributed by atoms with van der Waals surface area (Å²) >= 11 is 7.63. The highest BCUT2D eigenvalue weighted by Gasteiger charge is 2.03. The molecule has 3 heteroatoms. The van der Waals surface area contributed by atoms with Gasteiger partial charge in [0.2, 0.25) is 0 Å². The van der Waals surface area contributed by atoms with Crippen molar-refractivity contribution < 1.29 is 0 Å². The fourth-order valence-electron chi connectivity index (χ4n) is 0.969. The minimum Gasteiger partial charge on any atom is -0.326 e. The summed E-state index contributed by atoms with van der Waals surface area (Å²) in [4.78, 5) is 1.06. The summed E-state index contributed by atoms with van der Waals surface area (Å²) in [6.07, 6.45) is 5.77. The quantitative estimate of drug-likeness (QED) is 0.630. The van der Waals surface area contributed by atoms with E-state index < -0.39 is 0 Å². The van der Waals surface area contributed by atoms with Crippen LogP contribution in [0.1, 0.15) is 6.42 Å². The summed E-state index contributed by atoms with van der Waals surface area (Å²) in [7, 11) is 0. The first-order valence-electron chi connectivity index (χ1n) is 4.30. The second-order valence-electron chi connectivity index (χ2n) is 2.91. The smallest absolute Gasteiger partial charge is 0.0541 e. The number of hydrogen-bond donors (Lipinski definition) is 1. The molecule has 14 heavy (non-hydrogen) atoms. The molecular weight excluding hydrogens is 214 g/mol. The zero-order chi connectivity index (χ0) is 10.4. The third-order valence-corrected chi connectivity index (χ3v) is 3.37. The zero-order valence-electron chi connectivity index (χ0n) is 7.74. The fraction of sp³-hybridized carbons (Fsp3) is 0.273. The number of thioether (sulfide) groups is 1. The van der Waals surface area contributed by atoms with Crippen LogP contribution in [0, 0.1) is 12.3 Å². The van der Waals surface area contributed by atoms with Crippen molar-refractivity contribution >= 4 is 23.4 Å². The highest BCUT2D eigenvalue weighted by molar-refractivity contribution is 7.99. The fourth-order valence-corrected chi connectivity index (χ4v) is 2.16. The van der Waals surface area contributed by atoms with Crippen LogP contribution in [0.25, 0.3) is 0 Å². The minimum atomic E-state index is 0.0428. The van der Waals surface area contributed by atoms with Crippen molar-refractivity contribution in [3.8, 4) is 12.3 Å². The van der Waals surface area contributed by atoms with Gasteiger partial charge in [0.15, 0.2) is 0 Å². The molecule has 0 aromatic heterocycles. The average molecular weight is 226 g/mol. The van der Waals surface area contributed by atoms with E-state index in [1.165, 1.54) is 0 Å². The first-order valence-corrected chi connectivity index (χ1v) is 5.66. The van der Waals surface area contributed by atoms with Crippen LogP contribution in [0.5, 0.6) is 0 Å². The van der Waals surface area contributed by atoms with Crippen LogP contribution >= 0.6 is 23.4 Å². The molecule has 0 spiro atoms. The Kier molecular flexibility index (Phi) is 4.89. The number of halogens is 1. The molecule has 1 atom stereocenters. The van der Waals surface area contributed by atoms with Gasteiger partial charge in [0.05, 0.1) is 5.02 Å². The van der Waals surface area contributed by atoms with E-state index in [1.54, 1.807) is 11.8 Å². The SMILES string of the molecule is C#CCC(N)CSc1ccccc1Cl. The normalized spacial score (nSPS) is 12.1. The van der Waals surface area contributed by atoms with Crippen molar-refractivity contribution in [3.05, 3.63) is 29.3 Å². The second kappa shape index (κ2) is 5.98. The molecule has 0 heterocycles. The molecule has 1 rings (SSSR count). The van der Waals surface area contributed by atoms with E-state index in [0.29, 0.717) is 6.42 Å². The minimum absolute atomic E-state index is 0.0428. The van der Waals surface area contributed by atoms with Crippen LogP contribution in [-0.2, 0) is 0 Å². The Morgan fingerprint density at radius 2 is 2.21 bits per heavy atom. The summed E-state index contributed by atoms with van der Waals surface area (Å²) in [5.74, 6) is 3.35. The molecule has 2 N–H and O–H groups in total. The Morgan fingerprint density at radius 1 is 1.50 bits per heavy atom. The zero-order valence-corrected chi connectivity index (χ0v) is 9.31. The number of nitrogens with two attached hydrogens (primary N) is 1. The molecule has 1 aromatic rings. The summed E-state index contributed by atoms with van der Waals surface area (Å²) in [5.41, 5.74) is 5.78. The van der Waals surface area contributed by atoms with Gasteiger partial charge in [-0.05, 0) is 12.1 Å². The predicted octanol–water partition coefficient (Wildman–Crippen LogP) is 2.78. The Labute approximate surface area is 94.0 Å². The molecule has 1 unspecified atom stereocenters. The molecule has 1 aromatic carbocycles. The van der Waals surface area contributed by atoms with Gasteiger partial charge < -0.3 is 5.73 Å². The van der Waals surface area contributed by atoms with E-state index in [1.807, 2.05) is 24.3 Å². The Bertz CT molecular complexity index is 332. The predicted molar refractivity (Wildman–Crippen MR) is 63.6 cm³/mol. The third kappa shape index (κ3) is 3.63. The highest BCUT2D eigenvalue weighted by Crippen LogP contribution is 2.26. The lowest BCUT2D eigenvalue weighted by Crippen LogP contribution is -2.21. The maximum absolute atomic E-state index is 5.98. The summed E-state index contributed by atoms with van der Waals surface area (Å²) < 4.78 is 0. The average Bonchev–Trinajstić information content (AvgIpc) is 2.17. The lowest BCUT2D eigenvalue weighted by Gasteiger charge is -2.08. The maximum Gasteiger partial charge on any atom is 0.0541 e. The summed E-state index contributed by atoms with van der Waals surface area (Å²) in [5, 5.41) is 0.769. The topological polar surface area (TPSA) is 26.0 Å². The molecule has 74 valence electrons. The molecule has 0 fully saturated rings. The van der Waals surface area contributed by atoms with Gasteiger partial charge in [0, 0.05) is 23.1 Å². The number of hydrogen-bond acceptors (Lipinski definition) is 2. The van der Waals surface area contributed by atoms with E-state index >= 15 is 0 Å². The van der Waals surface area contributed by atoms with E-state index in [-0.39, 0.29) is 6.04 Å². The second-order valence-corrected chi connectivity index (χ2v) is 4.38.